The Morgan fingerprint density at radius 3 is 2.67 bits per heavy atom. The van der Waals surface area contributed by atoms with E-state index >= 15 is 0 Å². The lowest BCUT2D eigenvalue weighted by Crippen LogP contribution is -2.53. The van der Waals surface area contributed by atoms with Crippen LogP contribution in [0.5, 0.6) is 0 Å². The highest BCUT2D eigenvalue weighted by atomic mass is 16.2. The van der Waals surface area contributed by atoms with Crippen LogP contribution >= 0.6 is 0 Å². The van der Waals surface area contributed by atoms with Gasteiger partial charge >= 0.3 is 0 Å². The van der Waals surface area contributed by atoms with E-state index in [0.29, 0.717) is 18.0 Å². The van der Waals surface area contributed by atoms with Crippen LogP contribution in [0.25, 0.3) is 0 Å². The van der Waals surface area contributed by atoms with Gasteiger partial charge in [0.1, 0.15) is 0 Å². The molecule has 0 aromatic carbocycles. The molecule has 100 valence electrons. The molecule has 3 rings (SSSR count). The Kier molecular flexibility index (Phi) is 3.69. The molecule has 3 heteroatoms. The Morgan fingerprint density at radius 1 is 1.11 bits per heavy atom. The third-order valence-electron chi connectivity index (χ3n) is 4.75. The summed E-state index contributed by atoms with van der Waals surface area (Å²) in [5, 5.41) is 3.59. The van der Waals surface area contributed by atoms with Crippen LogP contribution < -0.4 is 5.32 Å². The minimum Gasteiger partial charge on any atom is -0.338 e. The number of piperidine rings is 1. The summed E-state index contributed by atoms with van der Waals surface area (Å²) in [5.74, 6) is 0.658. The van der Waals surface area contributed by atoms with Crippen molar-refractivity contribution in [3.63, 3.8) is 0 Å². The lowest BCUT2D eigenvalue weighted by Gasteiger charge is -2.40. The fraction of sp³-hybridized carbons (Fsp3) is 0.800. The standard InChI is InChI=1S/C15H24N2O/c18-15(12-6-1-2-7-12)17-11-4-3-9-14(17)13-8-5-10-16-13/h1-2,12-14,16H,3-11H2. The molecule has 0 aromatic rings. The molecule has 2 fully saturated rings. The smallest absolute Gasteiger partial charge is 0.226 e. The highest BCUT2D eigenvalue weighted by molar-refractivity contribution is 5.80. The molecule has 0 radical (unpaired) electrons. The molecule has 1 N–H and O–H groups in total. The van der Waals surface area contributed by atoms with Gasteiger partial charge < -0.3 is 10.2 Å². The monoisotopic (exact) mass is 248 g/mol. The average Bonchev–Trinajstić information content (AvgIpc) is 3.11. The van der Waals surface area contributed by atoms with Gasteiger partial charge in [-0.05, 0) is 51.5 Å². The number of hydrogen-bond donors (Lipinski definition) is 1. The summed E-state index contributed by atoms with van der Waals surface area (Å²) in [7, 11) is 0. The number of rotatable bonds is 2. The van der Waals surface area contributed by atoms with Crippen molar-refractivity contribution in [1.82, 2.24) is 10.2 Å². The van der Waals surface area contributed by atoms with Gasteiger partial charge in [-0.15, -0.1) is 0 Å². The fourth-order valence-electron chi connectivity index (χ4n) is 3.74. The molecule has 0 bridgehead atoms. The molecule has 18 heavy (non-hydrogen) atoms. The average molecular weight is 248 g/mol. The van der Waals surface area contributed by atoms with Crippen molar-refractivity contribution < 1.29 is 4.79 Å². The second kappa shape index (κ2) is 5.43. The topological polar surface area (TPSA) is 32.3 Å². The summed E-state index contributed by atoms with van der Waals surface area (Å²) in [6, 6.07) is 1.03. The Labute approximate surface area is 110 Å². The number of carbonyl (C=O) groups excluding carboxylic acids is 1. The van der Waals surface area contributed by atoms with Gasteiger partial charge in [-0.2, -0.15) is 0 Å². The van der Waals surface area contributed by atoms with E-state index in [4.69, 9.17) is 0 Å². The largest absolute Gasteiger partial charge is 0.338 e. The molecule has 2 heterocycles. The van der Waals surface area contributed by atoms with Gasteiger partial charge in [0.15, 0.2) is 0 Å². The number of nitrogens with zero attached hydrogens (tertiary/aromatic N) is 1. The first-order valence-electron chi connectivity index (χ1n) is 7.55. The van der Waals surface area contributed by atoms with Gasteiger partial charge in [-0.1, -0.05) is 12.2 Å². The summed E-state index contributed by atoms with van der Waals surface area (Å²) in [6.45, 7) is 2.12. The van der Waals surface area contributed by atoms with Crippen LogP contribution in [0.1, 0.15) is 44.9 Å². The zero-order chi connectivity index (χ0) is 12.4. The minimum absolute atomic E-state index is 0.243. The summed E-state index contributed by atoms with van der Waals surface area (Å²) in [4.78, 5) is 14.8. The van der Waals surface area contributed by atoms with Gasteiger partial charge in [0.25, 0.3) is 0 Å². The predicted molar refractivity (Wildman–Crippen MR) is 72.2 cm³/mol. The Morgan fingerprint density at radius 2 is 1.94 bits per heavy atom. The molecule has 2 aliphatic heterocycles. The lowest BCUT2D eigenvalue weighted by molar-refractivity contribution is -0.139. The zero-order valence-electron chi connectivity index (χ0n) is 11.1. The number of nitrogens with one attached hydrogen (secondary N) is 1. The third-order valence-corrected chi connectivity index (χ3v) is 4.75. The van der Waals surface area contributed by atoms with Crippen molar-refractivity contribution >= 4 is 5.91 Å². The van der Waals surface area contributed by atoms with E-state index in [1.54, 1.807) is 0 Å². The van der Waals surface area contributed by atoms with Crippen molar-refractivity contribution in [3.05, 3.63) is 12.2 Å². The number of likely N-dealkylation sites (tertiary alicyclic amines) is 1. The molecular formula is C15H24N2O. The lowest BCUT2D eigenvalue weighted by atomic mass is 9.92. The molecule has 1 aliphatic carbocycles. The summed E-state index contributed by atoms with van der Waals surface area (Å²) in [6.07, 6.45) is 12.4. The van der Waals surface area contributed by atoms with Gasteiger partial charge in [0.05, 0.1) is 0 Å². The summed E-state index contributed by atoms with van der Waals surface area (Å²) < 4.78 is 0. The van der Waals surface area contributed by atoms with Crippen LogP contribution in [0, 0.1) is 5.92 Å². The van der Waals surface area contributed by atoms with Crippen molar-refractivity contribution in [2.45, 2.75) is 57.0 Å². The van der Waals surface area contributed by atoms with Crippen LogP contribution in [0.3, 0.4) is 0 Å². The van der Waals surface area contributed by atoms with Gasteiger partial charge in [0, 0.05) is 24.5 Å². The van der Waals surface area contributed by atoms with Crippen molar-refractivity contribution in [2.75, 3.05) is 13.1 Å². The number of carbonyl (C=O) groups is 1. The Hall–Kier alpha value is -0.830. The molecule has 2 atom stereocenters. The first-order chi connectivity index (χ1) is 8.86. The van der Waals surface area contributed by atoms with Crippen LogP contribution in [0.4, 0.5) is 0 Å². The van der Waals surface area contributed by atoms with E-state index in [-0.39, 0.29) is 5.92 Å². The van der Waals surface area contributed by atoms with Crippen LogP contribution in [-0.4, -0.2) is 36.0 Å². The highest BCUT2D eigenvalue weighted by Crippen LogP contribution is 2.28. The molecule has 2 unspecified atom stereocenters. The minimum atomic E-state index is 0.243. The summed E-state index contributed by atoms with van der Waals surface area (Å²) >= 11 is 0. The summed E-state index contributed by atoms with van der Waals surface area (Å²) in [5.41, 5.74) is 0. The number of amides is 1. The first kappa shape index (κ1) is 12.2. The fourth-order valence-corrected chi connectivity index (χ4v) is 3.74. The quantitative estimate of drug-likeness (QED) is 0.759. The molecule has 1 amide bonds. The number of allylic oxidation sites excluding steroid dienone is 2. The van der Waals surface area contributed by atoms with E-state index in [1.807, 2.05) is 0 Å². The second-order valence-electron chi connectivity index (χ2n) is 5.94. The van der Waals surface area contributed by atoms with E-state index in [9.17, 15) is 4.79 Å². The van der Waals surface area contributed by atoms with E-state index in [1.165, 1.54) is 32.1 Å². The normalized spacial score (nSPS) is 33.2. The van der Waals surface area contributed by atoms with E-state index < -0.39 is 0 Å². The maximum atomic E-state index is 12.6. The molecular weight excluding hydrogens is 224 g/mol. The van der Waals surface area contributed by atoms with E-state index in [0.717, 1.165) is 25.9 Å². The first-order valence-corrected chi connectivity index (χ1v) is 7.55. The van der Waals surface area contributed by atoms with Crippen LogP contribution in [0.2, 0.25) is 0 Å². The highest BCUT2D eigenvalue weighted by Gasteiger charge is 2.36. The van der Waals surface area contributed by atoms with Gasteiger partial charge in [0.2, 0.25) is 5.91 Å². The van der Waals surface area contributed by atoms with Crippen molar-refractivity contribution in [1.29, 1.82) is 0 Å². The molecule has 2 saturated heterocycles. The predicted octanol–water partition coefficient (Wildman–Crippen LogP) is 2.09. The molecule has 0 aromatic heterocycles. The zero-order valence-corrected chi connectivity index (χ0v) is 11.1. The van der Waals surface area contributed by atoms with Crippen molar-refractivity contribution in [3.8, 4) is 0 Å². The maximum Gasteiger partial charge on any atom is 0.226 e. The van der Waals surface area contributed by atoms with Crippen molar-refractivity contribution in [2.24, 2.45) is 5.92 Å². The van der Waals surface area contributed by atoms with E-state index in [2.05, 4.69) is 22.4 Å². The molecule has 3 aliphatic rings. The van der Waals surface area contributed by atoms with Gasteiger partial charge in [-0.3, -0.25) is 4.79 Å². The van der Waals surface area contributed by atoms with Crippen LogP contribution in [0.15, 0.2) is 12.2 Å². The van der Waals surface area contributed by atoms with Crippen LogP contribution in [-0.2, 0) is 4.79 Å². The molecule has 0 spiro atoms. The van der Waals surface area contributed by atoms with Gasteiger partial charge in [-0.25, -0.2) is 0 Å². The Balaban J connectivity index is 1.68. The molecule has 3 nitrogen and oxygen atoms in total. The number of hydrogen-bond acceptors (Lipinski definition) is 2. The SMILES string of the molecule is O=C(C1CC=CC1)N1CCCCC1C1CCCN1. The second-order valence-corrected chi connectivity index (χ2v) is 5.94. The third kappa shape index (κ3) is 2.33. The maximum absolute atomic E-state index is 12.6. The molecule has 0 saturated carbocycles. The Bertz CT molecular complexity index is 325.